The molecule has 23 heavy (non-hydrogen) atoms. The van der Waals surface area contributed by atoms with Gasteiger partial charge in [-0.15, -0.1) is 0 Å². The van der Waals surface area contributed by atoms with Crippen molar-refractivity contribution in [1.82, 2.24) is 0 Å². The maximum atomic E-state index is 11.6. The normalized spacial score (nSPS) is 11.3. The average molecular weight is 332 g/mol. The molecule has 0 amide bonds. The van der Waals surface area contributed by atoms with Crippen molar-refractivity contribution < 1.29 is 9.90 Å². The number of carbonyl (C=O) groups excluding carboxylic acids is 1. The van der Waals surface area contributed by atoms with E-state index in [2.05, 4.69) is 26.1 Å². The summed E-state index contributed by atoms with van der Waals surface area (Å²) in [7, 11) is 1.78. The largest absolute Gasteiger partial charge is 0.505 e. The highest BCUT2D eigenvalue weighted by Gasteiger charge is 2.19. The Hall–Kier alpha value is -2.00. The summed E-state index contributed by atoms with van der Waals surface area (Å²) in [4.78, 5) is 11.6. The second-order valence-electron chi connectivity index (χ2n) is 6.64. The quantitative estimate of drug-likeness (QED) is 0.630. The van der Waals surface area contributed by atoms with Crippen LogP contribution in [0.4, 0.5) is 5.69 Å². The molecule has 0 aliphatic carbocycles. The summed E-state index contributed by atoms with van der Waals surface area (Å²) >= 11 is 5.66. The van der Waals surface area contributed by atoms with E-state index in [0.717, 1.165) is 16.7 Å². The van der Waals surface area contributed by atoms with Gasteiger partial charge in [0.25, 0.3) is 5.24 Å². The fraction of sp³-hybridized carbons (Fsp3) is 0.316. The number of hydrogen-bond donors (Lipinski definition) is 2. The number of carbonyl (C=O) groups is 1. The van der Waals surface area contributed by atoms with Gasteiger partial charge in [-0.3, -0.25) is 4.79 Å². The van der Waals surface area contributed by atoms with Crippen LogP contribution in [0, 0.1) is 0 Å². The van der Waals surface area contributed by atoms with Crippen LogP contribution < -0.4 is 5.32 Å². The van der Waals surface area contributed by atoms with Gasteiger partial charge >= 0.3 is 0 Å². The zero-order chi connectivity index (χ0) is 17.2. The van der Waals surface area contributed by atoms with Gasteiger partial charge in [-0.05, 0) is 40.3 Å². The van der Waals surface area contributed by atoms with Crippen LogP contribution in [0.5, 0.6) is 5.75 Å². The van der Waals surface area contributed by atoms with Gasteiger partial charge < -0.3 is 10.4 Å². The van der Waals surface area contributed by atoms with Gasteiger partial charge in [0, 0.05) is 24.6 Å². The van der Waals surface area contributed by atoms with Crippen molar-refractivity contribution in [3.63, 3.8) is 0 Å². The Morgan fingerprint density at radius 1 is 1.17 bits per heavy atom. The SMILES string of the molecule is CNc1cc(C(C)(C)C)cc(Cc2ccccc2C(=O)Cl)c1O. The number of phenols is 1. The van der Waals surface area contributed by atoms with Gasteiger partial charge in [0.1, 0.15) is 5.75 Å². The zero-order valence-corrected chi connectivity index (χ0v) is 14.7. The number of anilines is 1. The third-order valence-corrected chi connectivity index (χ3v) is 4.14. The molecule has 0 bridgehead atoms. The van der Waals surface area contributed by atoms with E-state index in [1.165, 1.54) is 0 Å². The van der Waals surface area contributed by atoms with E-state index in [-0.39, 0.29) is 11.2 Å². The number of benzene rings is 2. The lowest BCUT2D eigenvalue weighted by Gasteiger charge is -2.22. The van der Waals surface area contributed by atoms with E-state index in [4.69, 9.17) is 11.6 Å². The van der Waals surface area contributed by atoms with E-state index in [1.54, 1.807) is 19.2 Å². The zero-order valence-electron chi connectivity index (χ0n) is 13.9. The predicted octanol–water partition coefficient (Wildman–Crippen LogP) is 4.70. The number of nitrogens with one attached hydrogen (secondary N) is 1. The number of aromatic hydroxyl groups is 1. The topological polar surface area (TPSA) is 49.3 Å². The lowest BCUT2D eigenvalue weighted by Crippen LogP contribution is -2.12. The van der Waals surface area contributed by atoms with Gasteiger partial charge in [-0.2, -0.15) is 0 Å². The van der Waals surface area contributed by atoms with Crippen LogP contribution in [0.15, 0.2) is 36.4 Å². The number of rotatable bonds is 4. The molecule has 0 fully saturated rings. The molecule has 122 valence electrons. The van der Waals surface area contributed by atoms with Crippen molar-refractivity contribution in [3.8, 4) is 5.75 Å². The van der Waals surface area contributed by atoms with Gasteiger partial charge in [0.05, 0.1) is 5.69 Å². The van der Waals surface area contributed by atoms with Gasteiger partial charge in [0.2, 0.25) is 0 Å². The van der Waals surface area contributed by atoms with Gasteiger partial charge in [-0.25, -0.2) is 0 Å². The summed E-state index contributed by atoms with van der Waals surface area (Å²) in [5.41, 5.74) is 3.80. The van der Waals surface area contributed by atoms with E-state index >= 15 is 0 Å². The fourth-order valence-electron chi connectivity index (χ4n) is 2.52. The molecule has 0 atom stereocenters. The highest BCUT2D eigenvalue weighted by molar-refractivity contribution is 6.67. The van der Waals surface area contributed by atoms with Crippen LogP contribution in [-0.2, 0) is 11.8 Å². The van der Waals surface area contributed by atoms with Crippen molar-refractivity contribution >= 4 is 22.5 Å². The molecule has 3 nitrogen and oxygen atoms in total. The molecule has 0 spiro atoms. The van der Waals surface area contributed by atoms with Crippen LogP contribution >= 0.6 is 11.6 Å². The Morgan fingerprint density at radius 3 is 2.39 bits per heavy atom. The molecule has 2 aromatic rings. The first-order valence-corrected chi connectivity index (χ1v) is 7.93. The second kappa shape index (κ2) is 6.63. The fourth-order valence-corrected chi connectivity index (χ4v) is 2.71. The molecular weight excluding hydrogens is 310 g/mol. The molecule has 0 aromatic heterocycles. The smallest absolute Gasteiger partial charge is 0.252 e. The molecule has 0 unspecified atom stereocenters. The lowest BCUT2D eigenvalue weighted by atomic mass is 9.84. The monoisotopic (exact) mass is 331 g/mol. The first kappa shape index (κ1) is 17.4. The minimum Gasteiger partial charge on any atom is -0.505 e. The second-order valence-corrected chi connectivity index (χ2v) is 6.98. The van der Waals surface area contributed by atoms with Crippen LogP contribution in [0.1, 0.15) is 47.8 Å². The average Bonchev–Trinajstić information content (AvgIpc) is 2.48. The molecule has 0 heterocycles. The van der Waals surface area contributed by atoms with E-state index in [1.807, 2.05) is 24.3 Å². The maximum Gasteiger partial charge on any atom is 0.252 e. The van der Waals surface area contributed by atoms with Crippen LogP contribution in [0.25, 0.3) is 0 Å². The van der Waals surface area contributed by atoms with Crippen LogP contribution in [0.2, 0.25) is 0 Å². The molecular formula is C19H22ClNO2. The number of halogens is 1. The van der Waals surface area contributed by atoms with Crippen molar-refractivity contribution in [2.24, 2.45) is 0 Å². The van der Waals surface area contributed by atoms with Crippen molar-refractivity contribution in [3.05, 3.63) is 58.7 Å². The molecule has 0 aliphatic rings. The summed E-state index contributed by atoms with van der Waals surface area (Å²) < 4.78 is 0. The summed E-state index contributed by atoms with van der Waals surface area (Å²) in [6, 6.07) is 11.2. The highest BCUT2D eigenvalue weighted by atomic mass is 35.5. The summed E-state index contributed by atoms with van der Waals surface area (Å²) in [5.74, 6) is 0.206. The third-order valence-electron chi connectivity index (χ3n) is 3.93. The maximum absolute atomic E-state index is 11.6. The van der Waals surface area contributed by atoms with E-state index < -0.39 is 5.24 Å². The number of hydrogen-bond acceptors (Lipinski definition) is 3. The van der Waals surface area contributed by atoms with Gasteiger partial charge in [0.15, 0.2) is 0 Å². The Labute approximate surface area is 142 Å². The molecule has 0 saturated carbocycles. The van der Waals surface area contributed by atoms with Crippen LogP contribution in [0.3, 0.4) is 0 Å². The Balaban J connectivity index is 2.54. The molecule has 2 rings (SSSR count). The first-order valence-electron chi connectivity index (χ1n) is 7.56. The summed E-state index contributed by atoms with van der Waals surface area (Å²) in [6.07, 6.45) is 0.444. The molecule has 2 N–H and O–H groups in total. The Bertz CT molecular complexity index is 733. The standard InChI is InChI=1S/C19H22ClNO2/c1-19(2,3)14-10-13(17(22)16(11-14)21-4)9-12-7-5-6-8-15(12)18(20)23/h5-8,10-11,21-22H,9H2,1-4H3. The van der Waals surface area contributed by atoms with Crippen molar-refractivity contribution in [2.45, 2.75) is 32.6 Å². The Kier molecular flexibility index (Phi) is 5.00. The third kappa shape index (κ3) is 3.85. The van der Waals surface area contributed by atoms with E-state index in [0.29, 0.717) is 17.7 Å². The van der Waals surface area contributed by atoms with E-state index in [9.17, 15) is 9.90 Å². The molecule has 2 aromatic carbocycles. The van der Waals surface area contributed by atoms with Crippen molar-refractivity contribution in [1.29, 1.82) is 0 Å². The van der Waals surface area contributed by atoms with Crippen LogP contribution in [-0.4, -0.2) is 17.4 Å². The minimum absolute atomic E-state index is 0.0458. The van der Waals surface area contributed by atoms with Gasteiger partial charge in [-0.1, -0.05) is 45.0 Å². The minimum atomic E-state index is -0.485. The molecule has 0 aliphatic heterocycles. The first-order chi connectivity index (χ1) is 10.7. The summed E-state index contributed by atoms with van der Waals surface area (Å²) in [5, 5.41) is 13.0. The molecule has 4 heteroatoms. The lowest BCUT2D eigenvalue weighted by molar-refractivity contribution is 0.108. The summed E-state index contributed by atoms with van der Waals surface area (Å²) in [6.45, 7) is 6.37. The van der Waals surface area contributed by atoms with Crippen molar-refractivity contribution in [2.75, 3.05) is 12.4 Å². The molecule has 0 saturated heterocycles. The predicted molar refractivity (Wildman–Crippen MR) is 95.8 cm³/mol. The Morgan fingerprint density at radius 2 is 1.83 bits per heavy atom. The number of phenolic OH excluding ortho intramolecular Hbond substituents is 1. The molecule has 0 radical (unpaired) electrons. The highest BCUT2D eigenvalue weighted by Crippen LogP contribution is 2.35.